The number of halogens is 2. The van der Waals surface area contributed by atoms with Crippen molar-refractivity contribution in [3.63, 3.8) is 0 Å². The number of fused-ring (bicyclic) bond motifs is 2. The molecule has 10 aromatic rings. The summed E-state index contributed by atoms with van der Waals surface area (Å²) in [7, 11) is -29.7. The van der Waals surface area contributed by atoms with Gasteiger partial charge in [-0.05, 0) is 163 Å². The molecule has 8 aromatic carbocycles. The van der Waals surface area contributed by atoms with Gasteiger partial charge in [-0.3, -0.25) is 27.3 Å². The van der Waals surface area contributed by atoms with Gasteiger partial charge in [-0.2, -0.15) is 110 Å². The number of phenolic OH excluding ortho intramolecular Hbond substituents is 2. The topological polar surface area (TPSA) is 591 Å². The lowest BCUT2D eigenvalue weighted by atomic mass is 10.1. The number of aromatic nitrogens is 6. The van der Waals surface area contributed by atoms with Crippen molar-refractivity contribution in [3.8, 4) is 11.5 Å². The minimum absolute atomic E-state index is 0.0582. The summed E-state index contributed by atoms with van der Waals surface area (Å²) in [6, 6.07) is 24.2. The molecular weight excluding hydrogens is 1480 g/mol. The van der Waals surface area contributed by atoms with Gasteiger partial charge in [0.15, 0.2) is 11.5 Å². The number of hydrogen-bond donors (Lipinski definition) is 12. The average Bonchev–Trinajstić information content (AvgIpc) is 0.766. The van der Waals surface area contributed by atoms with Crippen molar-refractivity contribution >= 4 is 163 Å². The number of nitrogens with one attached hydrogen (secondary N) is 4. The van der Waals surface area contributed by atoms with Crippen molar-refractivity contribution in [3.05, 3.63) is 146 Å². The molecule has 0 saturated carbocycles. The number of anilines is 6. The maximum absolute atomic E-state index is 14.8. The molecule has 530 valence electrons. The van der Waals surface area contributed by atoms with Crippen LogP contribution in [0.3, 0.4) is 0 Å². The predicted molar refractivity (Wildman–Crippen MR) is 354 cm³/mol. The third kappa shape index (κ3) is 18.4. The highest BCUT2D eigenvalue weighted by Gasteiger charge is 2.27. The molecular formula is C56H46F2N18O20S6. The summed E-state index contributed by atoms with van der Waals surface area (Å²) in [6.07, 6.45) is -1.53. The standard InChI is InChI=1S/C56H46F2N18O20S6/c1-28(27-60-54-64-52(58)66-56(68-54)62-34-9-17-40-30(22-34)24-46(102(94,95)96)48(50(40)78)76-74-42-19-11-36(26-44(42)100(88,89)90)72-70-32-6-14-38(15-7-32)98(82,83)84)3-2-20-59-53-63-51(57)65-55(67-53)61-33-8-16-39-29(21-33)23-45(101(91,92)93)47(49(39)77)75-73-41-18-10-35(25-43(41)99(85,86)87)71-69-31-4-12-37(13-5-31)97(79,80)81/h4-19,21-26,28,77-78H,2-3,20,27H2,1H3,(H,79,80,81)(H,82,83,84)(H,85,86,87)(H,88,89,90)(H,91,92,93)(H,94,95,96)(H2,59,61,63,65,67)(H2,60,62,64,66,68)/b71-69+,72-70+,75-73+,76-74+. The molecule has 0 aliphatic rings. The fraction of sp³-hybridized carbons (Fsp3) is 0.107. The van der Waals surface area contributed by atoms with Gasteiger partial charge >= 0.3 is 12.2 Å². The molecule has 102 heavy (non-hydrogen) atoms. The van der Waals surface area contributed by atoms with Crippen molar-refractivity contribution in [1.82, 2.24) is 29.9 Å². The molecule has 0 spiro atoms. The van der Waals surface area contributed by atoms with Gasteiger partial charge in [0.2, 0.25) is 23.8 Å². The molecule has 46 heteroatoms. The smallest absolute Gasteiger partial charge is 0.315 e. The zero-order valence-electron chi connectivity index (χ0n) is 51.1. The third-order valence-corrected chi connectivity index (χ3v) is 19.2. The van der Waals surface area contributed by atoms with Gasteiger partial charge in [-0.25, -0.2) is 0 Å². The van der Waals surface area contributed by atoms with Gasteiger partial charge in [0.1, 0.15) is 42.3 Å². The van der Waals surface area contributed by atoms with Crippen LogP contribution in [0.2, 0.25) is 0 Å². The van der Waals surface area contributed by atoms with Gasteiger partial charge in [-0.15, -0.1) is 20.5 Å². The molecule has 10 rings (SSSR count). The number of aromatic hydroxyl groups is 2. The van der Waals surface area contributed by atoms with Crippen LogP contribution < -0.4 is 21.3 Å². The molecule has 0 aliphatic heterocycles. The van der Waals surface area contributed by atoms with E-state index in [4.69, 9.17) is 0 Å². The van der Waals surface area contributed by atoms with Crippen LogP contribution in [0.25, 0.3) is 21.5 Å². The highest BCUT2D eigenvalue weighted by molar-refractivity contribution is 7.87. The van der Waals surface area contributed by atoms with E-state index in [1.165, 1.54) is 60.7 Å². The van der Waals surface area contributed by atoms with E-state index in [-0.39, 0.29) is 98.5 Å². The second-order valence-corrected chi connectivity index (χ2v) is 29.7. The second-order valence-electron chi connectivity index (χ2n) is 21.3. The Balaban J connectivity index is 0.753. The van der Waals surface area contributed by atoms with Gasteiger partial charge in [0.25, 0.3) is 60.7 Å². The van der Waals surface area contributed by atoms with Crippen LogP contribution in [0.4, 0.5) is 89.4 Å². The quantitative estimate of drug-likeness (QED) is 0.0136. The largest absolute Gasteiger partial charge is 0.505 e. The zero-order chi connectivity index (χ0) is 73.9. The third-order valence-electron chi connectivity index (χ3n) is 13.9. The summed E-state index contributed by atoms with van der Waals surface area (Å²) in [5.74, 6) is -3.02. The van der Waals surface area contributed by atoms with Crippen LogP contribution in [-0.4, -0.2) is 131 Å². The molecule has 0 amide bonds. The van der Waals surface area contributed by atoms with Crippen molar-refractivity contribution < 1.29 is 96.8 Å². The summed E-state index contributed by atoms with van der Waals surface area (Å²) in [4.78, 5) is 18.2. The molecule has 1 unspecified atom stereocenters. The number of hydrogen-bond acceptors (Lipinski definition) is 32. The first-order chi connectivity index (χ1) is 47.8. The Morgan fingerprint density at radius 3 is 1.14 bits per heavy atom. The Hall–Kier alpha value is -11.2. The fourth-order valence-corrected chi connectivity index (χ4v) is 12.8. The van der Waals surface area contributed by atoms with E-state index in [1.807, 2.05) is 6.92 Å². The normalized spacial score (nSPS) is 13.1. The fourth-order valence-electron chi connectivity index (χ4n) is 9.21. The number of phenols is 2. The number of rotatable bonds is 26. The maximum atomic E-state index is 14.8. The molecule has 0 bridgehead atoms. The van der Waals surface area contributed by atoms with E-state index in [9.17, 15) is 96.8 Å². The lowest BCUT2D eigenvalue weighted by Gasteiger charge is -2.14. The lowest BCUT2D eigenvalue weighted by molar-refractivity contribution is 0.471. The number of benzene rings is 8. The van der Waals surface area contributed by atoms with Crippen LogP contribution in [0, 0.1) is 18.1 Å². The molecule has 38 nitrogen and oxygen atoms in total. The lowest BCUT2D eigenvalue weighted by Crippen LogP contribution is -2.16. The van der Waals surface area contributed by atoms with Crippen LogP contribution in [0.5, 0.6) is 11.5 Å². The number of azo groups is 4. The molecule has 2 heterocycles. The average molecular weight is 1520 g/mol. The first kappa shape index (κ1) is 73.5. The summed E-state index contributed by atoms with van der Waals surface area (Å²) in [5.41, 5.74) is -2.99. The number of nitrogens with zero attached hydrogens (tertiary/aromatic N) is 14. The van der Waals surface area contributed by atoms with Crippen molar-refractivity contribution in [2.45, 2.75) is 49.1 Å². The van der Waals surface area contributed by atoms with Crippen LogP contribution in [0.15, 0.2) is 204 Å². The van der Waals surface area contributed by atoms with Crippen LogP contribution >= 0.6 is 0 Å². The molecule has 0 aliphatic carbocycles. The van der Waals surface area contributed by atoms with Crippen LogP contribution in [0.1, 0.15) is 19.8 Å². The van der Waals surface area contributed by atoms with E-state index < -0.39 is 136 Å². The Labute approximate surface area is 573 Å². The highest BCUT2D eigenvalue weighted by Crippen LogP contribution is 2.45. The van der Waals surface area contributed by atoms with Gasteiger partial charge in [0, 0.05) is 35.2 Å². The monoisotopic (exact) mass is 1520 g/mol. The maximum Gasteiger partial charge on any atom is 0.315 e. The van der Waals surface area contributed by atoms with Gasteiger partial charge in [0.05, 0.1) is 32.5 Å². The van der Waals surface area contributed by atoms with Gasteiger partial charge < -0.3 is 31.5 Å². The first-order valence-corrected chi connectivity index (χ1v) is 36.9. The zero-order valence-corrected chi connectivity index (χ0v) is 55.9. The predicted octanol–water partition coefficient (Wildman–Crippen LogP) is 11.6. The van der Waals surface area contributed by atoms with Crippen LogP contribution in [-0.2, 0) is 60.7 Å². The van der Waals surface area contributed by atoms with E-state index in [0.29, 0.717) is 12.8 Å². The molecule has 0 fully saturated rings. The highest BCUT2D eigenvalue weighted by atomic mass is 32.2. The summed E-state index contributed by atoms with van der Waals surface area (Å²) < 4.78 is 234. The second kappa shape index (κ2) is 29.2. The first-order valence-electron chi connectivity index (χ1n) is 28.3. The summed E-state index contributed by atoms with van der Waals surface area (Å²) >= 11 is 0. The Morgan fingerprint density at radius 2 is 0.755 bits per heavy atom. The molecule has 12 N–H and O–H groups in total. The van der Waals surface area contributed by atoms with Crippen molar-refractivity contribution in [2.75, 3.05) is 34.4 Å². The Morgan fingerprint density at radius 1 is 0.392 bits per heavy atom. The van der Waals surface area contributed by atoms with E-state index in [0.717, 1.165) is 72.8 Å². The SMILES string of the molecule is CC(CCCNc1nc(F)nc(Nc2ccc3c(O)c(/N=N/c4ccc(/N=N/c5ccc(S(=O)(=O)O)cc5)cc4S(=O)(=O)O)c(S(=O)(=O)O)cc3c2)n1)CNc1nc(F)nc(Nc2ccc3c(O)c(/N=N/c4ccc(/N=N/c5ccc(S(=O)(=O)O)cc5)cc4S(=O)(=O)O)c(S(=O)(=O)O)cc3c2)n1. The van der Waals surface area contributed by atoms with E-state index in [1.54, 1.807) is 0 Å². The Bertz CT molecular complexity index is 5880. The minimum atomic E-state index is -5.24. The Kier molecular flexibility index (Phi) is 21.0. The van der Waals surface area contributed by atoms with Crippen molar-refractivity contribution in [2.24, 2.45) is 46.8 Å². The van der Waals surface area contributed by atoms with Gasteiger partial charge in [-0.1, -0.05) is 6.92 Å². The minimum Gasteiger partial charge on any atom is -0.505 e. The van der Waals surface area contributed by atoms with E-state index in [2.05, 4.69) is 92.1 Å². The molecule has 0 saturated heterocycles. The molecule has 0 radical (unpaired) electrons. The van der Waals surface area contributed by atoms with E-state index >= 15 is 0 Å². The summed E-state index contributed by atoms with van der Waals surface area (Å²) in [6.45, 7) is 2.19. The molecule has 1 atom stereocenters. The van der Waals surface area contributed by atoms with Crippen molar-refractivity contribution in [1.29, 1.82) is 0 Å². The molecule has 2 aromatic heterocycles. The summed E-state index contributed by atoms with van der Waals surface area (Å²) in [5, 5.41) is 63.8.